The number of amides is 1. The molecule has 0 bridgehead atoms. The van der Waals surface area contributed by atoms with Gasteiger partial charge in [0.1, 0.15) is 23.5 Å². The van der Waals surface area contributed by atoms with Crippen molar-refractivity contribution in [3.8, 4) is 11.6 Å². The highest BCUT2D eigenvalue weighted by molar-refractivity contribution is 7.10. The van der Waals surface area contributed by atoms with Crippen molar-refractivity contribution in [2.24, 2.45) is 0 Å². The summed E-state index contributed by atoms with van der Waals surface area (Å²) in [5.41, 5.74) is 0.213. The first-order chi connectivity index (χ1) is 11.6. The van der Waals surface area contributed by atoms with Gasteiger partial charge in [0, 0.05) is 11.1 Å². The summed E-state index contributed by atoms with van der Waals surface area (Å²) in [5.74, 6) is -0.204. The molecular formula is C17H14FN3O2S. The summed E-state index contributed by atoms with van der Waals surface area (Å²) in [4.78, 5) is 21.4. The highest BCUT2D eigenvalue weighted by atomic mass is 32.1. The summed E-state index contributed by atoms with van der Waals surface area (Å²) >= 11 is 1.56. The number of hydrogen-bond acceptors (Lipinski definition) is 5. The minimum atomic E-state index is -0.368. The molecule has 1 amide bonds. The smallest absolute Gasteiger partial charge is 0.258 e. The summed E-state index contributed by atoms with van der Waals surface area (Å²) in [5, 5.41) is 4.84. The van der Waals surface area contributed by atoms with E-state index in [1.54, 1.807) is 11.3 Å². The molecule has 0 saturated carbocycles. The van der Waals surface area contributed by atoms with Crippen LogP contribution < -0.4 is 10.1 Å². The third-order valence-electron chi connectivity index (χ3n) is 3.27. The first kappa shape index (κ1) is 16.1. The second kappa shape index (κ2) is 7.18. The number of carbonyl (C=O) groups excluding carboxylic acids is 1. The lowest BCUT2D eigenvalue weighted by Gasteiger charge is -2.14. The number of thiophene rings is 1. The van der Waals surface area contributed by atoms with Gasteiger partial charge in [-0.3, -0.25) is 4.79 Å². The third kappa shape index (κ3) is 3.75. The number of nitrogens with zero attached hydrogens (tertiary/aromatic N) is 2. The van der Waals surface area contributed by atoms with E-state index in [0.717, 1.165) is 4.88 Å². The van der Waals surface area contributed by atoms with Crippen molar-refractivity contribution in [3.63, 3.8) is 0 Å². The fourth-order valence-electron chi connectivity index (χ4n) is 2.05. The Labute approximate surface area is 142 Å². The van der Waals surface area contributed by atoms with Gasteiger partial charge in [-0.25, -0.2) is 14.4 Å². The molecule has 0 aliphatic carbocycles. The van der Waals surface area contributed by atoms with Gasteiger partial charge in [0.05, 0.1) is 6.04 Å². The van der Waals surface area contributed by atoms with Gasteiger partial charge in [-0.1, -0.05) is 6.07 Å². The van der Waals surface area contributed by atoms with Crippen molar-refractivity contribution in [2.75, 3.05) is 0 Å². The monoisotopic (exact) mass is 343 g/mol. The molecule has 3 aromatic rings. The molecule has 5 nitrogen and oxygen atoms in total. The Morgan fingerprint density at radius 1 is 1.29 bits per heavy atom. The van der Waals surface area contributed by atoms with Crippen LogP contribution in [-0.2, 0) is 0 Å². The van der Waals surface area contributed by atoms with E-state index < -0.39 is 0 Å². The Bertz CT molecular complexity index is 822. The van der Waals surface area contributed by atoms with E-state index in [-0.39, 0.29) is 29.2 Å². The van der Waals surface area contributed by atoms with Gasteiger partial charge >= 0.3 is 0 Å². The van der Waals surface area contributed by atoms with Crippen LogP contribution in [0, 0.1) is 5.82 Å². The SMILES string of the molecule is C[C@H](NC(=O)c1cncnc1Oc1ccc(F)cc1)c1cccs1. The van der Waals surface area contributed by atoms with Crippen LogP contribution in [0.1, 0.15) is 28.2 Å². The molecule has 24 heavy (non-hydrogen) atoms. The molecule has 0 radical (unpaired) electrons. The Balaban J connectivity index is 1.78. The normalized spacial score (nSPS) is 11.8. The lowest BCUT2D eigenvalue weighted by Crippen LogP contribution is -2.26. The van der Waals surface area contributed by atoms with Gasteiger partial charge < -0.3 is 10.1 Å². The second-order valence-electron chi connectivity index (χ2n) is 5.01. The number of ether oxygens (including phenoxy) is 1. The summed E-state index contributed by atoms with van der Waals surface area (Å²) in [7, 11) is 0. The van der Waals surface area contributed by atoms with Crippen LogP contribution in [0.4, 0.5) is 4.39 Å². The minimum Gasteiger partial charge on any atom is -0.438 e. The molecular weight excluding hydrogens is 329 g/mol. The molecule has 1 atom stereocenters. The van der Waals surface area contributed by atoms with Crippen LogP contribution in [0.5, 0.6) is 11.6 Å². The van der Waals surface area contributed by atoms with Crippen molar-refractivity contribution in [3.05, 3.63) is 70.6 Å². The molecule has 2 aromatic heterocycles. The van der Waals surface area contributed by atoms with Crippen molar-refractivity contribution < 1.29 is 13.9 Å². The number of benzene rings is 1. The fourth-order valence-corrected chi connectivity index (χ4v) is 2.79. The van der Waals surface area contributed by atoms with E-state index in [2.05, 4.69) is 15.3 Å². The maximum atomic E-state index is 13.0. The molecule has 1 N–H and O–H groups in total. The first-order valence-electron chi connectivity index (χ1n) is 7.21. The molecule has 0 saturated heterocycles. The van der Waals surface area contributed by atoms with E-state index in [1.807, 2.05) is 24.4 Å². The molecule has 1 aromatic carbocycles. The largest absolute Gasteiger partial charge is 0.438 e. The number of hydrogen-bond donors (Lipinski definition) is 1. The number of halogens is 1. The van der Waals surface area contributed by atoms with Crippen molar-refractivity contribution in [2.45, 2.75) is 13.0 Å². The second-order valence-corrected chi connectivity index (χ2v) is 5.99. The third-order valence-corrected chi connectivity index (χ3v) is 4.32. The van der Waals surface area contributed by atoms with Crippen LogP contribution in [0.2, 0.25) is 0 Å². The fraction of sp³-hybridized carbons (Fsp3) is 0.118. The summed E-state index contributed by atoms with van der Waals surface area (Å²) in [6, 6.07) is 9.21. The maximum Gasteiger partial charge on any atom is 0.258 e. The summed E-state index contributed by atoms with van der Waals surface area (Å²) in [6.45, 7) is 1.90. The molecule has 0 aliphatic heterocycles. The number of carbonyl (C=O) groups is 1. The standard InChI is InChI=1S/C17H14FN3O2S/c1-11(15-3-2-8-24-15)21-16(22)14-9-19-10-20-17(14)23-13-6-4-12(18)5-7-13/h2-11H,1H3,(H,21,22)/t11-/m0/s1. The van der Waals surface area contributed by atoms with Gasteiger partial charge in [-0.2, -0.15) is 0 Å². The molecule has 0 fully saturated rings. The van der Waals surface area contributed by atoms with E-state index >= 15 is 0 Å². The average Bonchev–Trinajstić information content (AvgIpc) is 3.12. The molecule has 3 rings (SSSR count). The van der Waals surface area contributed by atoms with Crippen LogP contribution in [0.15, 0.2) is 54.3 Å². The van der Waals surface area contributed by atoms with Gasteiger partial charge in [0.25, 0.3) is 5.91 Å². The van der Waals surface area contributed by atoms with Gasteiger partial charge in [0.15, 0.2) is 0 Å². The molecule has 2 heterocycles. The minimum absolute atomic E-state index is 0.118. The van der Waals surface area contributed by atoms with E-state index in [9.17, 15) is 9.18 Å². The summed E-state index contributed by atoms with van der Waals surface area (Å²) < 4.78 is 18.5. The topological polar surface area (TPSA) is 64.1 Å². The molecule has 0 unspecified atom stereocenters. The highest BCUT2D eigenvalue weighted by Crippen LogP contribution is 2.24. The lowest BCUT2D eigenvalue weighted by molar-refractivity contribution is 0.0937. The number of aromatic nitrogens is 2. The van der Waals surface area contributed by atoms with Crippen LogP contribution in [0.25, 0.3) is 0 Å². The predicted molar refractivity (Wildman–Crippen MR) is 88.7 cm³/mol. The molecule has 122 valence electrons. The zero-order valence-electron chi connectivity index (χ0n) is 12.8. The van der Waals surface area contributed by atoms with Gasteiger partial charge in [-0.15, -0.1) is 11.3 Å². The maximum absolute atomic E-state index is 13.0. The Morgan fingerprint density at radius 2 is 2.08 bits per heavy atom. The zero-order chi connectivity index (χ0) is 16.9. The zero-order valence-corrected chi connectivity index (χ0v) is 13.6. The Kier molecular flexibility index (Phi) is 4.81. The van der Waals surface area contributed by atoms with E-state index in [1.165, 1.54) is 36.8 Å². The van der Waals surface area contributed by atoms with Gasteiger partial charge in [0.2, 0.25) is 5.88 Å². The number of nitrogens with one attached hydrogen (secondary N) is 1. The van der Waals surface area contributed by atoms with Crippen LogP contribution in [-0.4, -0.2) is 15.9 Å². The van der Waals surface area contributed by atoms with Crippen LogP contribution >= 0.6 is 11.3 Å². The van der Waals surface area contributed by atoms with Crippen LogP contribution in [0.3, 0.4) is 0 Å². The number of rotatable bonds is 5. The molecule has 0 spiro atoms. The molecule has 7 heteroatoms. The Morgan fingerprint density at radius 3 is 2.79 bits per heavy atom. The quantitative estimate of drug-likeness (QED) is 0.761. The Hall–Kier alpha value is -2.80. The average molecular weight is 343 g/mol. The predicted octanol–water partition coefficient (Wildman–Crippen LogP) is 3.96. The van der Waals surface area contributed by atoms with Crippen molar-refractivity contribution in [1.29, 1.82) is 0 Å². The summed E-state index contributed by atoms with van der Waals surface area (Å²) in [6.07, 6.45) is 2.68. The van der Waals surface area contributed by atoms with Crippen molar-refractivity contribution in [1.82, 2.24) is 15.3 Å². The van der Waals surface area contributed by atoms with E-state index in [4.69, 9.17) is 4.74 Å². The van der Waals surface area contributed by atoms with Gasteiger partial charge in [-0.05, 0) is 42.6 Å². The first-order valence-corrected chi connectivity index (χ1v) is 8.09. The highest BCUT2D eigenvalue weighted by Gasteiger charge is 2.18. The lowest BCUT2D eigenvalue weighted by atomic mass is 10.2. The van der Waals surface area contributed by atoms with E-state index in [0.29, 0.717) is 5.75 Å². The molecule has 0 aliphatic rings. The van der Waals surface area contributed by atoms with Crippen molar-refractivity contribution >= 4 is 17.2 Å².